The fourth-order valence-electron chi connectivity index (χ4n) is 3.61. The lowest BCUT2D eigenvalue weighted by Crippen LogP contribution is -2.49. The van der Waals surface area contributed by atoms with E-state index in [1.165, 1.54) is 0 Å². The molecule has 2 atom stereocenters. The van der Waals surface area contributed by atoms with E-state index in [9.17, 15) is 9.59 Å². The zero-order valence-corrected chi connectivity index (χ0v) is 17.0. The summed E-state index contributed by atoms with van der Waals surface area (Å²) in [7, 11) is 0. The largest absolute Gasteiger partial charge is 0.381 e. The molecule has 1 aromatic rings. The molecule has 3 fully saturated rings. The average molecular weight is 427 g/mol. The molecule has 0 unspecified atom stereocenters. The van der Waals surface area contributed by atoms with E-state index < -0.39 is 11.8 Å². The molecule has 0 bridgehead atoms. The van der Waals surface area contributed by atoms with Crippen molar-refractivity contribution >= 4 is 35.2 Å². The van der Waals surface area contributed by atoms with E-state index in [0.29, 0.717) is 61.4 Å². The van der Waals surface area contributed by atoms with Gasteiger partial charge in [-0.3, -0.25) is 9.59 Å². The van der Waals surface area contributed by atoms with Gasteiger partial charge in [0.25, 0.3) is 5.91 Å². The summed E-state index contributed by atoms with van der Waals surface area (Å²) in [6, 6.07) is 6.22. The first-order chi connectivity index (χ1) is 13.6. The zero-order chi connectivity index (χ0) is 19.6. The van der Waals surface area contributed by atoms with Crippen molar-refractivity contribution in [3.8, 4) is 0 Å². The van der Waals surface area contributed by atoms with Gasteiger partial charge in [0.15, 0.2) is 5.79 Å². The first-order valence-electron chi connectivity index (χ1n) is 9.38. The molecule has 0 saturated carbocycles. The molecule has 3 heterocycles. The molecule has 3 saturated heterocycles. The first-order valence-corrected chi connectivity index (χ1v) is 10.9. The molecule has 1 N–H and O–H groups in total. The third-order valence-corrected chi connectivity index (χ3v) is 6.47. The molecule has 9 heteroatoms. The summed E-state index contributed by atoms with van der Waals surface area (Å²) >= 11 is 7.46. The molecule has 1 spiro atoms. The Kier molecular flexibility index (Phi) is 6.13. The quantitative estimate of drug-likeness (QED) is 0.792. The van der Waals surface area contributed by atoms with Crippen molar-refractivity contribution in [3.63, 3.8) is 0 Å². The Morgan fingerprint density at radius 3 is 2.75 bits per heavy atom. The van der Waals surface area contributed by atoms with Crippen LogP contribution in [0.2, 0.25) is 5.02 Å². The molecule has 2 amide bonds. The van der Waals surface area contributed by atoms with Crippen LogP contribution >= 0.6 is 23.4 Å². The van der Waals surface area contributed by atoms with Gasteiger partial charge >= 0.3 is 0 Å². The van der Waals surface area contributed by atoms with E-state index in [2.05, 4.69) is 5.32 Å². The van der Waals surface area contributed by atoms with E-state index >= 15 is 0 Å². The maximum absolute atomic E-state index is 12.8. The third-order valence-electron chi connectivity index (χ3n) is 5.21. The lowest BCUT2D eigenvalue weighted by Gasteiger charge is -2.31. The minimum Gasteiger partial charge on any atom is -0.381 e. The van der Waals surface area contributed by atoms with E-state index in [1.54, 1.807) is 40.9 Å². The Hall–Kier alpha value is -1.32. The molecule has 152 valence electrons. The summed E-state index contributed by atoms with van der Waals surface area (Å²) < 4.78 is 17.2. The van der Waals surface area contributed by atoms with Crippen molar-refractivity contribution in [2.24, 2.45) is 0 Å². The third kappa shape index (κ3) is 4.31. The van der Waals surface area contributed by atoms with Crippen LogP contribution in [0.4, 0.5) is 0 Å². The van der Waals surface area contributed by atoms with Crippen molar-refractivity contribution in [1.29, 1.82) is 0 Å². The van der Waals surface area contributed by atoms with Crippen LogP contribution in [0.5, 0.6) is 0 Å². The van der Waals surface area contributed by atoms with Crippen LogP contribution in [0.3, 0.4) is 0 Å². The van der Waals surface area contributed by atoms with Crippen molar-refractivity contribution in [2.75, 3.05) is 38.0 Å². The van der Waals surface area contributed by atoms with Gasteiger partial charge in [-0.25, -0.2) is 0 Å². The number of amides is 2. The number of benzene rings is 1. The molecule has 3 aliphatic heterocycles. The molecule has 0 radical (unpaired) electrons. The molecule has 4 rings (SSSR count). The molecule has 0 aromatic heterocycles. The van der Waals surface area contributed by atoms with Crippen molar-refractivity contribution in [1.82, 2.24) is 10.2 Å². The summed E-state index contributed by atoms with van der Waals surface area (Å²) in [5.41, 5.74) is 0.527. The predicted molar refractivity (Wildman–Crippen MR) is 105 cm³/mol. The van der Waals surface area contributed by atoms with E-state index in [1.807, 2.05) is 0 Å². The van der Waals surface area contributed by atoms with Gasteiger partial charge in [-0.05, 0) is 24.3 Å². The Labute approximate surface area is 173 Å². The molecule has 1 aromatic carbocycles. The van der Waals surface area contributed by atoms with E-state index in [4.69, 9.17) is 25.8 Å². The SMILES string of the molecule is O=C(NC[C@@H]1COC2(CCOCC2)O1)[C@@H]1CSCN1C(=O)c1ccc(Cl)cc1. The van der Waals surface area contributed by atoms with E-state index in [-0.39, 0.29) is 17.9 Å². The molecule has 28 heavy (non-hydrogen) atoms. The van der Waals surface area contributed by atoms with Gasteiger partial charge in [-0.15, -0.1) is 11.8 Å². The van der Waals surface area contributed by atoms with Crippen LogP contribution in [0.1, 0.15) is 23.2 Å². The van der Waals surface area contributed by atoms with Gasteiger partial charge in [-0.1, -0.05) is 11.6 Å². The Morgan fingerprint density at radius 2 is 2.00 bits per heavy atom. The van der Waals surface area contributed by atoms with Crippen LogP contribution < -0.4 is 5.32 Å². The maximum Gasteiger partial charge on any atom is 0.255 e. The highest BCUT2D eigenvalue weighted by Crippen LogP contribution is 2.33. The van der Waals surface area contributed by atoms with Crippen molar-refractivity contribution < 1.29 is 23.8 Å². The monoisotopic (exact) mass is 426 g/mol. The Morgan fingerprint density at radius 1 is 1.25 bits per heavy atom. The predicted octanol–water partition coefficient (Wildman–Crippen LogP) is 1.89. The van der Waals surface area contributed by atoms with Crippen LogP contribution in [0.25, 0.3) is 0 Å². The number of carbonyl (C=O) groups is 2. The fraction of sp³-hybridized carbons (Fsp3) is 0.579. The molecular formula is C19H23ClN2O5S. The number of nitrogens with one attached hydrogen (secondary N) is 1. The topological polar surface area (TPSA) is 77.1 Å². The summed E-state index contributed by atoms with van der Waals surface area (Å²) in [6.07, 6.45) is 1.23. The number of rotatable bonds is 4. The summed E-state index contributed by atoms with van der Waals surface area (Å²) in [5, 5.41) is 3.50. The highest BCUT2D eigenvalue weighted by atomic mass is 35.5. The highest BCUT2D eigenvalue weighted by Gasteiger charge is 2.43. The number of nitrogens with zero attached hydrogens (tertiary/aromatic N) is 1. The minimum atomic E-state index is -0.562. The van der Waals surface area contributed by atoms with Crippen LogP contribution in [0, 0.1) is 0 Å². The molecule has 0 aliphatic carbocycles. The number of hydrogen-bond donors (Lipinski definition) is 1. The number of halogens is 1. The maximum atomic E-state index is 12.8. The normalized spacial score (nSPS) is 26.5. The van der Waals surface area contributed by atoms with Crippen molar-refractivity contribution in [3.05, 3.63) is 34.9 Å². The standard InChI is InChI=1S/C19H23ClN2O5S/c20-14-3-1-13(2-4-14)18(24)22-12-28-11-16(22)17(23)21-9-15-10-26-19(27-15)5-7-25-8-6-19/h1-4,15-16H,5-12H2,(H,21,23)/t15-,16+/m1/s1. The number of ether oxygens (including phenoxy) is 3. The lowest BCUT2D eigenvalue weighted by molar-refractivity contribution is -0.210. The Bertz CT molecular complexity index is 726. The number of thioether (sulfide) groups is 1. The van der Waals surface area contributed by atoms with Gasteiger partial charge in [0.1, 0.15) is 12.1 Å². The van der Waals surface area contributed by atoms with Gasteiger partial charge in [0, 0.05) is 35.7 Å². The second-order valence-electron chi connectivity index (χ2n) is 7.12. The molecule has 7 nitrogen and oxygen atoms in total. The average Bonchev–Trinajstić information content (AvgIpc) is 3.35. The van der Waals surface area contributed by atoms with Gasteiger partial charge < -0.3 is 24.4 Å². The first kappa shape index (κ1) is 20.0. The zero-order valence-electron chi connectivity index (χ0n) is 15.4. The van der Waals surface area contributed by atoms with Crippen LogP contribution in [-0.4, -0.2) is 72.6 Å². The minimum absolute atomic E-state index is 0.163. The van der Waals surface area contributed by atoms with E-state index in [0.717, 1.165) is 0 Å². The smallest absolute Gasteiger partial charge is 0.255 e. The van der Waals surface area contributed by atoms with Crippen molar-refractivity contribution in [2.45, 2.75) is 30.8 Å². The summed E-state index contributed by atoms with van der Waals surface area (Å²) in [4.78, 5) is 27.1. The second-order valence-corrected chi connectivity index (χ2v) is 8.55. The van der Waals surface area contributed by atoms with Crippen LogP contribution in [0.15, 0.2) is 24.3 Å². The molecule has 3 aliphatic rings. The van der Waals surface area contributed by atoms with Gasteiger partial charge in [0.05, 0.1) is 25.7 Å². The lowest BCUT2D eigenvalue weighted by atomic mass is 10.1. The Balaban J connectivity index is 1.31. The summed E-state index contributed by atoms with van der Waals surface area (Å²) in [6.45, 7) is 2.07. The van der Waals surface area contributed by atoms with Crippen LogP contribution in [-0.2, 0) is 19.0 Å². The number of hydrogen-bond acceptors (Lipinski definition) is 6. The molecular weight excluding hydrogens is 404 g/mol. The van der Waals surface area contributed by atoms with Gasteiger partial charge in [0.2, 0.25) is 5.91 Å². The van der Waals surface area contributed by atoms with Gasteiger partial charge in [-0.2, -0.15) is 0 Å². The second kappa shape index (κ2) is 8.59. The fourth-order valence-corrected chi connectivity index (χ4v) is 4.89. The number of carbonyl (C=O) groups excluding carboxylic acids is 2. The summed E-state index contributed by atoms with van der Waals surface area (Å²) in [5.74, 6) is 0.181. The highest BCUT2D eigenvalue weighted by molar-refractivity contribution is 7.99.